The number of nitrogens with zero attached hydrogens (tertiary/aromatic N) is 1. The van der Waals surface area contributed by atoms with Crippen LogP contribution in [-0.2, 0) is 15.9 Å². The van der Waals surface area contributed by atoms with Crippen LogP contribution < -0.4 is 11.1 Å². The van der Waals surface area contributed by atoms with Gasteiger partial charge in [-0.05, 0) is 35.7 Å². The van der Waals surface area contributed by atoms with Gasteiger partial charge in [-0.3, -0.25) is 11.1 Å². The minimum absolute atomic E-state index is 0.354. The Labute approximate surface area is 117 Å². The van der Waals surface area contributed by atoms with E-state index in [1.54, 1.807) is 0 Å². The zero-order valence-corrected chi connectivity index (χ0v) is 11.6. The van der Waals surface area contributed by atoms with E-state index in [-0.39, 0.29) is 0 Å². The molecule has 1 aliphatic rings. The SMILES string of the molecule is N#CC1(c2ccccc2CSC(N)=[NH2+])CCOCC1. The third-order valence-electron chi connectivity index (χ3n) is 3.49. The monoisotopic (exact) mass is 276 g/mol. The van der Waals surface area contributed by atoms with Gasteiger partial charge in [0.15, 0.2) is 0 Å². The highest BCUT2D eigenvalue weighted by Gasteiger charge is 2.36. The molecule has 1 aromatic carbocycles. The van der Waals surface area contributed by atoms with Crippen LogP contribution in [0.4, 0.5) is 0 Å². The van der Waals surface area contributed by atoms with Crippen LogP contribution in [0.1, 0.15) is 24.0 Å². The first-order valence-corrected chi connectivity index (χ1v) is 7.24. The lowest BCUT2D eigenvalue weighted by Crippen LogP contribution is -2.43. The van der Waals surface area contributed by atoms with Gasteiger partial charge in [-0.2, -0.15) is 5.26 Å². The Balaban J connectivity index is 2.32. The molecule has 4 nitrogen and oxygen atoms in total. The molecule has 4 N–H and O–H groups in total. The van der Waals surface area contributed by atoms with E-state index in [1.165, 1.54) is 11.8 Å². The predicted octanol–water partition coefficient (Wildman–Crippen LogP) is 0.565. The van der Waals surface area contributed by atoms with Crippen molar-refractivity contribution in [3.8, 4) is 6.07 Å². The van der Waals surface area contributed by atoms with Crippen LogP contribution in [0.25, 0.3) is 0 Å². The molecule has 0 aliphatic carbocycles. The second-order valence-electron chi connectivity index (χ2n) is 4.65. The van der Waals surface area contributed by atoms with Gasteiger partial charge in [-0.15, -0.1) is 0 Å². The third-order valence-corrected chi connectivity index (χ3v) is 4.28. The van der Waals surface area contributed by atoms with Crippen molar-refractivity contribution < 1.29 is 10.1 Å². The fourth-order valence-corrected chi connectivity index (χ4v) is 3.01. The van der Waals surface area contributed by atoms with Crippen molar-refractivity contribution in [3.63, 3.8) is 0 Å². The highest BCUT2D eigenvalue weighted by molar-refractivity contribution is 8.12. The number of hydrogen-bond donors (Lipinski definition) is 2. The maximum Gasteiger partial charge on any atom is 0.300 e. The second-order valence-corrected chi connectivity index (χ2v) is 5.70. The van der Waals surface area contributed by atoms with Crippen molar-refractivity contribution >= 4 is 16.9 Å². The number of thioether (sulfide) groups is 1. The maximum atomic E-state index is 9.63. The molecule has 100 valence electrons. The molecule has 5 heteroatoms. The smallest absolute Gasteiger partial charge is 0.300 e. The Morgan fingerprint density at radius 3 is 2.74 bits per heavy atom. The molecule has 1 saturated heterocycles. The summed E-state index contributed by atoms with van der Waals surface area (Å²) in [7, 11) is 0. The van der Waals surface area contributed by atoms with Crippen LogP contribution in [0, 0.1) is 11.3 Å². The van der Waals surface area contributed by atoms with Gasteiger partial charge in [-0.25, -0.2) is 0 Å². The zero-order valence-electron chi connectivity index (χ0n) is 10.8. The summed E-state index contributed by atoms with van der Waals surface area (Å²) in [6.45, 7) is 1.28. The summed E-state index contributed by atoms with van der Waals surface area (Å²) in [6, 6.07) is 10.5. The molecule has 0 radical (unpaired) electrons. The molecule has 1 fully saturated rings. The van der Waals surface area contributed by atoms with Gasteiger partial charge >= 0.3 is 0 Å². The highest BCUT2D eigenvalue weighted by atomic mass is 32.2. The van der Waals surface area contributed by atoms with Crippen LogP contribution in [0.5, 0.6) is 0 Å². The first kappa shape index (κ1) is 13.9. The van der Waals surface area contributed by atoms with Gasteiger partial charge in [0.1, 0.15) is 0 Å². The van der Waals surface area contributed by atoms with E-state index in [9.17, 15) is 5.26 Å². The van der Waals surface area contributed by atoms with E-state index in [1.807, 2.05) is 24.3 Å². The number of amidine groups is 1. The normalized spacial score (nSPS) is 17.6. The molecule has 0 bridgehead atoms. The molecule has 19 heavy (non-hydrogen) atoms. The van der Waals surface area contributed by atoms with E-state index in [0.717, 1.165) is 24.0 Å². The quantitative estimate of drug-likeness (QED) is 0.624. The lowest BCUT2D eigenvalue weighted by molar-refractivity contribution is -0.110. The van der Waals surface area contributed by atoms with Crippen molar-refractivity contribution in [2.24, 2.45) is 5.73 Å². The Hall–Kier alpha value is -1.51. The van der Waals surface area contributed by atoms with Crippen LogP contribution in [0.2, 0.25) is 0 Å². The van der Waals surface area contributed by atoms with E-state index in [0.29, 0.717) is 24.1 Å². The molecule has 1 aliphatic heterocycles. The molecule has 1 heterocycles. The van der Waals surface area contributed by atoms with Crippen molar-refractivity contribution in [2.45, 2.75) is 24.0 Å². The van der Waals surface area contributed by atoms with Crippen molar-refractivity contribution in [3.05, 3.63) is 35.4 Å². The predicted molar refractivity (Wildman–Crippen MR) is 76.2 cm³/mol. The molecular weight excluding hydrogens is 258 g/mol. The summed E-state index contributed by atoms with van der Waals surface area (Å²) in [5.74, 6) is 0.697. The second kappa shape index (κ2) is 6.09. The minimum atomic E-state index is -0.432. The largest absolute Gasteiger partial charge is 0.381 e. The highest BCUT2D eigenvalue weighted by Crippen LogP contribution is 2.37. The standard InChI is InChI=1S/C14H17N3OS/c15-10-14(5-7-18-8-6-14)12-4-2-1-3-11(12)9-19-13(16)17/h1-4H,5-9H2,(H3,16,17)/p+1. The number of hydrogen-bond acceptors (Lipinski definition) is 3. The van der Waals surface area contributed by atoms with Gasteiger partial charge in [0.05, 0.1) is 11.5 Å². The molecule has 0 saturated carbocycles. The molecule has 0 aromatic heterocycles. The van der Waals surface area contributed by atoms with E-state index in [4.69, 9.17) is 15.9 Å². The Kier molecular flexibility index (Phi) is 4.46. The zero-order chi connectivity index (χ0) is 13.7. The third kappa shape index (κ3) is 3.09. The average molecular weight is 276 g/mol. The maximum absolute atomic E-state index is 9.63. The number of benzene rings is 1. The van der Waals surface area contributed by atoms with E-state index < -0.39 is 5.41 Å². The van der Waals surface area contributed by atoms with Crippen LogP contribution in [0.3, 0.4) is 0 Å². The van der Waals surface area contributed by atoms with Gasteiger partial charge in [0, 0.05) is 19.0 Å². The van der Waals surface area contributed by atoms with Crippen molar-refractivity contribution in [1.82, 2.24) is 0 Å². The fraction of sp³-hybridized carbons (Fsp3) is 0.429. The van der Waals surface area contributed by atoms with Gasteiger partial charge < -0.3 is 4.74 Å². The molecular formula is C14H18N3OS+. The van der Waals surface area contributed by atoms with Gasteiger partial charge in [0.25, 0.3) is 5.17 Å². The molecule has 1 aromatic rings. The van der Waals surface area contributed by atoms with E-state index >= 15 is 0 Å². The Bertz CT molecular complexity index is 504. The van der Waals surface area contributed by atoms with Crippen molar-refractivity contribution in [2.75, 3.05) is 13.2 Å². The lowest BCUT2D eigenvalue weighted by atomic mass is 9.74. The van der Waals surface area contributed by atoms with Gasteiger partial charge in [-0.1, -0.05) is 24.3 Å². The van der Waals surface area contributed by atoms with E-state index in [2.05, 4.69) is 6.07 Å². The first-order chi connectivity index (χ1) is 9.18. The Morgan fingerprint density at radius 1 is 1.42 bits per heavy atom. The molecule has 0 amide bonds. The van der Waals surface area contributed by atoms with Gasteiger partial charge in [0.2, 0.25) is 0 Å². The number of rotatable bonds is 3. The van der Waals surface area contributed by atoms with Crippen LogP contribution >= 0.6 is 11.8 Å². The number of nitrogens with two attached hydrogens (primary N) is 2. The molecule has 2 rings (SSSR count). The summed E-state index contributed by atoms with van der Waals surface area (Å²) in [5.41, 5.74) is 7.30. The first-order valence-electron chi connectivity index (χ1n) is 6.26. The fourth-order valence-electron chi connectivity index (χ4n) is 2.44. The minimum Gasteiger partial charge on any atom is -0.381 e. The summed E-state index contributed by atoms with van der Waals surface area (Å²) in [6.07, 6.45) is 1.49. The summed E-state index contributed by atoms with van der Waals surface area (Å²) in [4.78, 5) is 0. The van der Waals surface area contributed by atoms with Crippen LogP contribution in [0.15, 0.2) is 24.3 Å². The molecule has 0 atom stereocenters. The average Bonchev–Trinajstić information content (AvgIpc) is 2.46. The van der Waals surface area contributed by atoms with Crippen LogP contribution in [-0.4, -0.2) is 18.4 Å². The molecule has 0 spiro atoms. The number of ether oxygens (including phenoxy) is 1. The Morgan fingerprint density at radius 2 is 2.11 bits per heavy atom. The summed E-state index contributed by atoms with van der Waals surface area (Å²) in [5, 5.41) is 15.5. The number of nitriles is 1. The van der Waals surface area contributed by atoms with Crippen molar-refractivity contribution in [1.29, 1.82) is 5.26 Å². The summed E-state index contributed by atoms with van der Waals surface area (Å²) < 4.78 is 5.39. The topological polar surface area (TPSA) is 84.6 Å². The summed E-state index contributed by atoms with van der Waals surface area (Å²) >= 11 is 1.40. The lowest BCUT2D eigenvalue weighted by Gasteiger charge is -2.32. The molecule has 0 unspecified atom stereocenters.